The van der Waals surface area contributed by atoms with E-state index in [1.54, 1.807) is 13.2 Å². The molecule has 0 saturated heterocycles. The number of ether oxygens (including phenoxy) is 1. The standard InChI is InChI=1S/C14H13ClO2/c1-9-5-10(3-4-14(9)17-2)11-6-12(15)8-13(16)7-11/h3-8,16H,1-2H3. The van der Waals surface area contributed by atoms with Gasteiger partial charge in [0.15, 0.2) is 0 Å². The fourth-order valence-electron chi connectivity index (χ4n) is 1.80. The lowest BCUT2D eigenvalue weighted by atomic mass is 10.0. The lowest BCUT2D eigenvalue weighted by Crippen LogP contribution is -1.87. The highest BCUT2D eigenvalue weighted by Gasteiger charge is 2.04. The first-order valence-corrected chi connectivity index (χ1v) is 5.62. The van der Waals surface area contributed by atoms with Crippen molar-refractivity contribution in [1.29, 1.82) is 0 Å². The van der Waals surface area contributed by atoms with Gasteiger partial charge in [-0.2, -0.15) is 0 Å². The minimum absolute atomic E-state index is 0.168. The van der Waals surface area contributed by atoms with Gasteiger partial charge in [-0.1, -0.05) is 17.7 Å². The van der Waals surface area contributed by atoms with Gasteiger partial charge in [-0.05, 0) is 53.9 Å². The lowest BCUT2D eigenvalue weighted by molar-refractivity contribution is 0.412. The van der Waals surface area contributed by atoms with Crippen LogP contribution in [0.5, 0.6) is 11.5 Å². The number of halogens is 1. The summed E-state index contributed by atoms with van der Waals surface area (Å²) in [5, 5.41) is 10.0. The molecule has 2 aromatic rings. The van der Waals surface area contributed by atoms with Crippen LogP contribution in [-0.4, -0.2) is 12.2 Å². The third-order valence-corrected chi connectivity index (χ3v) is 2.83. The van der Waals surface area contributed by atoms with Gasteiger partial charge in [-0.15, -0.1) is 0 Å². The first kappa shape index (κ1) is 11.8. The van der Waals surface area contributed by atoms with Gasteiger partial charge < -0.3 is 9.84 Å². The molecule has 0 aliphatic carbocycles. The maximum absolute atomic E-state index is 9.52. The Morgan fingerprint density at radius 1 is 1.06 bits per heavy atom. The number of benzene rings is 2. The van der Waals surface area contributed by atoms with Gasteiger partial charge in [-0.25, -0.2) is 0 Å². The number of aryl methyl sites for hydroxylation is 1. The van der Waals surface area contributed by atoms with Gasteiger partial charge in [0, 0.05) is 5.02 Å². The summed E-state index contributed by atoms with van der Waals surface area (Å²) in [4.78, 5) is 0. The summed E-state index contributed by atoms with van der Waals surface area (Å²) in [5.41, 5.74) is 2.94. The monoisotopic (exact) mass is 248 g/mol. The Hall–Kier alpha value is -1.67. The number of phenols is 1. The van der Waals surface area contributed by atoms with E-state index in [2.05, 4.69) is 0 Å². The molecule has 1 N–H and O–H groups in total. The second-order valence-corrected chi connectivity index (χ2v) is 4.32. The van der Waals surface area contributed by atoms with Crippen molar-refractivity contribution in [1.82, 2.24) is 0 Å². The second kappa shape index (κ2) is 4.68. The molecule has 2 rings (SSSR count). The molecule has 3 heteroatoms. The predicted molar refractivity (Wildman–Crippen MR) is 69.8 cm³/mol. The molecule has 0 fully saturated rings. The smallest absolute Gasteiger partial charge is 0.121 e. The number of rotatable bonds is 2. The van der Waals surface area contributed by atoms with E-state index in [0.717, 1.165) is 22.4 Å². The zero-order chi connectivity index (χ0) is 12.4. The van der Waals surface area contributed by atoms with Crippen LogP contribution < -0.4 is 4.74 Å². The van der Waals surface area contributed by atoms with Crippen molar-refractivity contribution in [3.8, 4) is 22.6 Å². The van der Waals surface area contributed by atoms with Crippen LogP contribution in [0.1, 0.15) is 5.56 Å². The maximum atomic E-state index is 9.52. The van der Waals surface area contributed by atoms with Crippen molar-refractivity contribution in [2.75, 3.05) is 7.11 Å². The number of phenolic OH excluding ortho intramolecular Hbond substituents is 1. The van der Waals surface area contributed by atoms with Crippen molar-refractivity contribution >= 4 is 11.6 Å². The van der Waals surface area contributed by atoms with Gasteiger partial charge in [0.05, 0.1) is 7.11 Å². The third kappa shape index (κ3) is 2.53. The van der Waals surface area contributed by atoms with E-state index in [0.29, 0.717) is 5.02 Å². The van der Waals surface area contributed by atoms with Crippen LogP contribution in [0.25, 0.3) is 11.1 Å². The van der Waals surface area contributed by atoms with E-state index in [4.69, 9.17) is 16.3 Å². The SMILES string of the molecule is COc1ccc(-c2cc(O)cc(Cl)c2)cc1C. The number of aromatic hydroxyl groups is 1. The summed E-state index contributed by atoms with van der Waals surface area (Å²) in [5.74, 6) is 1.01. The quantitative estimate of drug-likeness (QED) is 0.870. The van der Waals surface area contributed by atoms with Crippen molar-refractivity contribution in [2.24, 2.45) is 0 Å². The van der Waals surface area contributed by atoms with Crippen molar-refractivity contribution < 1.29 is 9.84 Å². The Balaban J connectivity index is 2.49. The Labute approximate surface area is 105 Å². The van der Waals surface area contributed by atoms with Crippen molar-refractivity contribution in [3.05, 3.63) is 47.0 Å². The van der Waals surface area contributed by atoms with E-state index in [9.17, 15) is 5.11 Å². The molecule has 0 atom stereocenters. The molecule has 0 amide bonds. The maximum Gasteiger partial charge on any atom is 0.121 e. The molecule has 88 valence electrons. The Bertz CT molecular complexity index is 530. The summed E-state index contributed by atoms with van der Waals surface area (Å²) < 4.78 is 5.21. The van der Waals surface area contributed by atoms with Crippen molar-refractivity contribution in [2.45, 2.75) is 6.92 Å². The molecular formula is C14H13ClO2. The fourth-order valence-corrected chi connectivity index (χ4v) is 2.03. The van der Waals surface area contributed by atoms with Crippen LogP contribution in [0.3, 0.4) is 0 Å². The Morgan fingerprint density at radius 2 is 1.82 bits per heavy atom. The molecule has 0 spiro atoms. The highest BCUT2D eigenvalue weighted by molar-refractivity contribution is 6.31. The minimum Gasteiger partial charge on any atom is -0.508 e. The van der Waals surface area contributed by atoms with Crippen LogP contribution in [0.15, 0.2) is 36.4 Å². The van der Waals surface area contributed by atoms with Gasteiger partial charge in [0.25, 0.3) is 0 Å². The number of hydrogen-bond donors (Lipinski definition) is 1. The van der Waals surface area contributed by atoms with E-state index in [-0.39, 0.29) is 5.75 Å². The van der Waals surface area contributed by atoms with E-state index >= 15 is 0 Å². The topological polar surface area (TPSA) is 29.5 Å². The molecule has 0 radical (unpaired) electrons. The van der Waals surface area contributed by atoms with Gasteiger partial charge in [-0.3, -0.25) is 0 Å². The number of methoxy groups -OCH3 is 1. The van der Waals surface area contributed by atoms with Gasteiger partial charge in [0.1, 0.15) is 11.5 Å². The van der Waals surface area contributed by atoms with Crippen LogP contribution in [0.2, 0.25) is 5.02 Å². The predicted octanol–water partition coefficient (Wildman–Crippen LogP) is 4.03. The largest absolute Gasteiger partial charge is 0.508 e. The van der Waals surface area contributed by atoms with E-state index < -0.39 is 0 Å². The minimum atomic E-state index is 0.168. The second-order valence-electron chi connectivity index (χ2n) is 3.88. The van der Waals surface area contributed by atoms with E-state index in [1.165, 1.54) is 6.07 Å². The zero-order valence-corrected chi connectivity index (χ0v) is 10.5. The molecule has 0 bridgehead atoms. The Kier molecular flexibility index (Phi) is 3.25. The number of hydrogen-bond acceptors (Lipinski definition) is 2. The van der Waals surface area contributed by atoms with Gasteiger partial charge >= 0.3 is 0 Å². The van der Waals surface area contributed by atoms with Crippen LogP contribution in [0, 0.1) is 6.92 Å². The molecule has 0 heterocycles. The first-order valence-electron chi connectivity index (χ1n) is 5.25. The van der Waals surface area contributed by atoms with Crippen LogP contribution >= 0.6 is 11.6 Å². The molecule has 17 heavy (non-hydrogen) atoms. The van der Waals surface area contributed by atoms with Crippen LogP contribution in [-0.2, 0) is 0 Å². The average molecular weight is 249 g/mol. The highest BCUT2D eigenvalue weighted by atomic mass is 35.5. The molecule has 0 saturated carbocycles. The molecule has 0 unspecified atom stereocenters. The van der Waals surface area contributed by atoms with E-state index in [1.807, 2.05) is 31.2 Å². The average Bonchev–Trinajstić information content (AvgIpc) is 2.27. The van der Waals surface area contributed by atoms with Crippen molar-refractivity contribution in [3.63, 3.8) is 0 Å². The highest BCUT2D eigenvalue weighted by Crippen LogP contribution is 2.30. The normalized spacial score (nSPS) is 10.3. The molecule has 2 nitrogen and oxygen atoms in total. The summed E-state index contributed by atoms with van der Waals surface area (Å²) in [6.45, 7) is 1.98. The summed E-state index contributed by atoms with van der Waals surface area (Å²) in [7, 11) is 1.65. The fraction of sp³-hybridized carbons (Fsp3) is 0.143. The Morgan fingerprint density at radius 3 is 2.41 bits per heavy atom. The lowest BCUT2D eigenvalue weighted by Gasteiger charge is -2.08. The van der Waals surface area contributed by atoms with Crippen LogP contribution in [0.4, 0.5) is 0 Å². The van der Waals surface area contributed by atoms with Gasteiger partial charge in [0.2, 0.25) is 0 Å². The molecule has 0 aliphatic rings. The third-order valence-electron chi connectivity index (χ3n) is 2.61. The summed E-state index contributed by atoms with van der Waals surface area (Å²) in [6, 6.07) is 10.9. The molecular weight excluding hydrogens is 236 g/mol. The summed E-state index contributed by atoms with van der Waals surface area (Å²) in [6.07, 6.45) is 0. The summed E-state index contributed by atoms with van der Waals surface area (Å²) >= 11 is 5.91. The first-order chi connectivity index (χ1) is 8.10. The zero-order valence-electron chi connectivity index (χ0n) is 9.70. The molecule has 0 aliphatic heterocycles. The molecule has 0 aromatic heterocycles. The molecule has 2 aromatic carbocycles.